The van der Waals surface area contributed by atoms with Crippen LogP contribution in [0.2, 0.25) is 0 Å². The molecular weight excluding hydrogens is 230 g/mol. The summed E-state index contributed by atoms with van der Waals surface area (Å²) in [5, 5.41) is 0. The first-order valence-corrected chi connectivity index (χ1v) is 9.93. The summed E-state index contributed by atoms with van der Waals surface area (Å²) < 4.78 is 0. The lowest BCUT2D eigenvalue weighted by Gasteiger charge is -2.33. The molecule has 94 valence electrons. The fraction of sp³-hybridized carbons (Fsp3) is 0.786. The second-order valence-corrected chi connectivity index (χ2v) is 11.5. The Kier molecular flexibility index (Phi) is 4.71. The molecule has 0 saturated carbocycles. The maximum absolute atomic E-state index is 4.36. The van der Waals surface area contributed by atoms with E-state index in [9.17, 15) is 0 Å². The monoisotopic (exact) mass is 255 g/mol. The van der Waals surface area contributed by atoms with Crippen molar-refractivity contribution in [2.75, 3.05) is 12.3 Å². The van der Waals surface area contributed by atoms with Crippen LogP contribution in [0.25, 0.3) is 0 Å². The van der Waals surface area contributed by atoms with Crippen molar-refractivity contribution < 1.29 is 0 Å². The summed E-state index contributed by atoms with van der Waals surface area (Å²) in [6.45, 7) is 15.5. The molecule has 0 N–H and O–H groups in total. The maximum Gasteiger partial charge on any atom is -0.0259 e. The van der Waals surface area contributed by atoms with E-state index in [0.29, 0.717) is 0 Å². The molecule has 0 spiro atoms. The summed E-state index contributed by atoms with van der Waals surface area (Å²) in [4.78, 5) is 0. The van der Waals surface area contributed by atoms with Crippen LogP contribution in [0.3, 0.4) is 0 Å². The van der Waals surface area contributed by atoms with E-state index >= 15 is 0 Å². The van der Waals surface area contributed by atoms with E-state index in [1.54, 1.807) is 0 Å². The van der Waals surface area contributed by atoms with Crippen LogP contribution in [0.15, 0.2) is 0 Å². The molecule has 0 aromatic heterocycles. The Morgan fingerprint density at radius 1 is 0.812 bits per heavy atom. The van der Waals surface area contributed by atoms with Gasteiger partial charge in [-0.25, -0.2) is 0 Å². The number of rotatable bonds is 3. The molecule has 0 aliphatic carbocycles. The molecule has 0 amide bonds. The molecule has 0 bridgehead atoms. The first-order chi connectivity index (χ1) is 7.59. The third kappa shape index (κ3) is 2.81. The van der Waals surface area contributed by atoms with E-state index in [1.165, 1.54) is 38.0 Å². The van der Waals surface area contributed by atoms with Crippen LogP contribution in [0, 0.1) is 20.8 Å². The lowest BCUT2D eigenvalue weighted by Crippen LogP contribution is -2.08. The van der Waals surface area contributed by atoms with Gasteiger partial charge in [0.1, 0.15) is 0 Å². The van der Waals surface area contributed by atoms with Crippen molar-refractivity contribution in [2.24, 2.45) is 0 Å². The normalized spacial score (nSPS) is 48.8. The van der Waals surface area contributed by atoms with Gasteiger partial charge in [0.25, 0.3) is 0 Å². The van der Waals surface area contributed by atoms with Gasteiger partial charge in [0.2, 0.25) is 0 Å². The van der Waals surface area contributed by atoms with E-state index in [0.717, 1.165) is 22.6 Å². The van der Waals surface area contributed by atoms with Crippen molar-refractivity contribution in [1.29, 1.82) is 0 Å². The molecule has 0 nitrogen and oxygen atoms in total. The molecule has 16 heavy (non-hydrogen) atoms. The molecule has 2 heteroatoms. The van der Waals surface area contributed by atoms with Gasteiger partial charge in [0.15, 0.2) is 0 Å². The smallest absolute Gasteiger partial charge is 0.0259 e. The summed E-state index contributed by atoms with van der Waals surface area (Å²) in [6.07, 6.45) is 8.39. The Bertz CT molecular complexity index is 185. The molecule has 4 unspecified atom stereocenters. The summed E-state index contributed by atoms with van der Waals surface area (Å²) >= 11 is 0. The Labute approximate surface area is 104 Å². The van der Waals surface area contributed by atoms with Crippen LogP contribution in [0.5, 0.6) is 0 Å². The zero-order valence-electron chi connectivity index (χ0n) is 10.6. The van der Waals surface area contributed by atoms with Crippen LogP contribution in [-0.4, -0.2) is 35.0 Å². The zero-order chi connectivity index (χ0) is 11.7. The molecule has 2 aliphatic heterocycles. The quantitative estimate of drug-likeness (QED) is 0.513. The summed E-state index contributed by atoms with van der Waals surface area (Å²) in [6, 6.07) is 0. The van der Waals surface area contributed by atoms with Gasteiger partial charge in [0, 0.05) is 0 Å². The average Bonchev–Trinajstić information content (AvgIpc) is 2.72. The Balaban J connectivity index is 1.82. The predicted molar refractivity (Wildman–Crippen MR) is 78.9 cm³/mol. The minimum atomic E-state index is 0.144. The zero-order valence-corrected chi connectivity index (χ0v) is 12.4. The van der Waals surface area contributed by atoms with Gasteiger partial charge >= 0.3 is 0 Å². The van der Waals surface area contributed by atoms with E-state index in [4.69, 9.17) is 0 Å². The predicted octanol–water partition coefficient (Wildman–Crippen LogP) is 4.53. The van der Waals surface area contributed by atoms with Crippen molar-refractivity contribution in [3.05, 3.63) is 20.8 Å². The summed E-state index contributed by atoms with van der Waals surface area (Å²) in [7, 11) is 0.372. The van der Waals surface area contributed by atoms with Crippen molar-refractivity contribution in [3.63, 3.8) is 0 Å². The van der Waals surface area contributed by atoms with Gasteiger partial charge < -0.3 is 20.8 Å². The number of hydrogen-bond donors (Lipinski definition) is 0. The number of hydrogen-bond acceptors (Lipinski definition) is 0. The molecule has 0 aromatic rings. The van der Waals surface area contributed by atoms with Crippen LogP contribution in [0.1, 0.15) is 32.6 Å². The van der Waals surface area contributed by atoms with Crippen molar-refractivity contribution in [3.8, 4) is 0 Å². The Hall–Kier alpha value is 0.860. The molecule has 2 saturated heterocycles. The lowest BCUT2D eigenvalue weighted by atomic mass is 10.2. The molecule has 2 rings (SSSR count). The van der Waals surface area contributed by atoms with E-state index in [1.807, 2.05) is 0 Å². The SMILES string of the molecule is [CH2-]C1CC[C@@H]([CH2-])P1CCP1C([CH2-])CC[C@H]1C. The molecule has 2 fully saturated rings. The van der Waals surface area contributed by atoms with Crippen LogP contribution >= 0.6 is 15.8 Å². The minimum absolute atomic E-state index is 0.144. The Morgan fingerprint density at radius 2 is 1.25 bits per heavy atom. The van der Waals surface area contributed by atoms with E-state index in [2.05, 4.69) is 27.7 Å². The van der Waals surface area contributed by atoms with Gasteiger partial charge in [-0.15, -0.1) is 13.6 Å². The second-order valence-electron chi connectivity index (χ2n) is 5.44. The third-order valence-corrected chi connectivity index (χ3v) is 11.2. The minimum Gasteiger partial charge on any atom is -0.336 e. The lowest BCUT2D eigenvalue weighted by molar-refractivity contribution is 0.800. The van der Waals surface area contributed by atoms with Gasteiger partial charge in [0.05, 0.1) is 0 Å². The van der Waals surface area contributed by atoms with Gasteiger partial charge in [-0.05, 0) is 24.4 Å². The molecule has 6 atom stereocenters. The summed E-state index contributed by atoms with van der Waals surface area (Å²) in [5.74, 6) is 0. The molecule has 0 radical (unpaired) electrons. The first-order valence-electron chi connectivity index (χ1n) is 6.60. The molecule has 2 aliphatic rings. The van der Waals surface area contributed by atoms with Gasteiger partial charge in [-0.2, -0.15) is 19.2 Å². The van der Waals surface area contributed by atoms with Crippen LogP contribution < -0.4 is 0 Å². The van der Waals surface area contributed by atoms with Crippen LogP contribution in [0.4, 0.5) is 0 Å². The van der Waals surface area contributed by atoms with Gasteiger partial charge in [-0.1, -0.05) is 26.2 Å². The average molecular weight is 255 g/mol. The fourth-order valence-electron chi connectivity index (χ4n) is 3.14. The van der Waals surface area contributed by atoms with E-state index in [-0.39, 0.29) is 15.8 Å². The summed E-state index contributed by atoms with van der Waals surface area (Å²) in [5.41, 5.74) is 3.25. The van der Waals surface area contributed by atoms with Crippen molar-refractivity contribution in [2.45, 2.75) is 55.2 Å². The first kappa shape index (κ1) is 13.3. The highest BCUT2D eigenvalue weighted by Crippen LogP contribution is 2.60. The highest BCUT2D eigenvalue weighted by Gasteiger charge is 2.27. The van der Waals surface area contributed by atoms with Crippen LogP contribution in [-0.2, 0) is 0 Å². The van der Waals surface area contributed by atoms with E-state index < -0.39 is 0 Å². The van der Waals surface area contributed by atoms with Gasteiger partial charge in [-0.3, -0.25) is 0 Å². The van der Waals surface area contributed by atoms with Crippen molar-refractivity contribution in [1.82, 2.24) is 0 Å². The standard InChI is InChI=1S/C14H25P2/c1-11-5-6-12(2)15(11)9-10-16-13(3)7-8-14(16)4/h11-14H,1-3,5-10H2,4H3/q-3/t11-,12?,13?,14-,15?,16?/m1/s1. The highest BCUT2D eigenvalue weighted by atomic mass is 31.1. The molecule has 2 heterocycles. The maximum atomic E-state index is 4.36. The Morgan fingerprint density at radius 3 is 1.75 bits per heavy atom. The second kappa shape index (κ2) is 5.67. The topological polar surface area (TPSA) is 0 Å². The fourth-order valence-corrected chi connectivity index (χ4v) is 9.76. The van der Waals surface area contributed by atoms with Crippen molar-refractivity contribution >= 4 is 15.8 Å². The molecule has 0 aromatic carbocycles. The third-order valence-electron chi connectivity index (χ3n) is 4.34. The molecular formula is C14H25P2-3. The highest BCUT2D eigenvalue weighted by molar-refractivity contribution is 7.63. The largest absolute Gasteiger partial charge is 0.336 e.